The van der Waals surface area contributed by atoms with Gasteiger partial charge < -0.3 is 19.8 Å². The third kappa shape index (κ3) is 4.36. The van der Waals surface area contributed by atoms with Crippen molar-refractivity contribution >= 4 is 39.2 Å². The minimum Gasteiger partial charge on any atom is -0.486 e. The van der Waals surface area contributed by atoms with Crippen LogP contribution in [-0.4, -0.2) is 34.8 Å². The topological polar surface area (TPSA) is 93.3 Å². The molecule has 3 aromatic rings. The standard InChI is InChI=1S/C23H25N3O4S2/c1-13(14-5-6-16-17(11-14)30-9-8-29-16)24-20(27)7-10-31-12-19-25-22(28)21-15-3-2-4-18(15)32-23(21)26-19/h5-6,11,13H,2-4,7-10,12H2,1H3,(H,24,27)(H,25,26,28). The Hall–Kier alpha value is -2.52. The summed E-state index contributed by atoms with van der Waals surface area (Å²) in [5.74, 6) is 3.37. The van der Waals surface area contributed by atoms with Crippen LogP contribution in [0.4, 0.5) is 0 Å². The fourth-order valence-electron chi connectivity index (χ4n) is 4.18. The molecule has 0 fully saturated rings. The molecule has 1 aliphatic carbocycles. The largest absolute Gasteiger partial charge is 0.486 e. The summed E-state index contributed by atoms with van der Waals surface area (Å²) in [6.07, 6.45) is 3.57. The number of thioether (sulfide) groups is 1. The van der Waals surface area contributed by atoms with Crippen LogP contribution >= 0.6 is 23.1 Å². The van der Waals surface area contributed by atoms with E-state index in [1.54, 1.807) is 23.1 Å². The van der Waals surface area contributed by atoms with Crippen molar-refractivity contribution in [3.8, 4) is 11.5 Å². The van der Waals surface area contributed by atoms with Crippen LogP contribution < -0.4 is 20.3 Å². The van der Waals surface area contributed by atoms with Gasteiger partial charge in [0.25, 0.3) is 5.56 Å². The Morgan fingerprint density at radius 1 is 1.28 bits per heavy atom. The van der Waals surface area contributed by atoms with Crippen LogP contribution in [0.1, 0.15) is 47.6 Å². The summed E-state index contributed by atoms with van der Waals surface area (Å²) >= 11 is 3.25. The second kappa shape index (κ2) is 9.15. The minimum absolute atomic E-state index is 0.00789. The van der Waals surface area contributed by atoms with Gasteiger partial charge in [0.15, 0.2) is 11.5 Å². The van der Waals surface area contributed by atoms with Gasteiger partial charge in [0.1, 0.15) is 23.9 Å². The molecule has 0 saturated heterocycles. The molecule has 1 unspecified atom stereocenters. The highest BCUT2D eigenvalue weighted by Gasteiger charge is 2.21. The maximum Gasteiger partial charge on any atom is 0.259 e. The summed E-state index contributed by atoms with van der Waals surface area (Å²) in [4.78, 5) is 34.7. The van der Waals surface area contributed by atoms with Crippen LogP contribution in [0.5, 0.6) is 11.5 Å². The zero-order valence-electron chi connectivity index (χ0n) is 17.9. The van der Waals surface area contributed by atoms with Gasteiger partial charge in [0.05, 0.1) is 17.2 Å². The number of carbonyl (C=O) groups is 1. The first kappa shape index (κ1) is 21.3. The van der Waals surface area contributed by atoms with Crippen LogP contribution in [0.2, 0.25) is 0 Å². The molecule has 1 aromatic carbocycles. The van der Waals surface area contributed by atoms with Crippen molar-refractivity contribution in [2.45, 2.75) is 44.4 Å². The summed E-state index contributed by atoms with van der Waals surface area (Å²) in [6, 6.07) is 5.64. The third-order valence-electron chi connectivity index (χ3n) is 5.78. The molecular weight excluding hydrogens is 446 g/mol. The van der Waals surface area contributed by atoms with Crippen LogP contribution in [-0.2, 0) is 23.4 Å². The average molecular weight is 472 g/mol. The van der Waals surface area contributed by atoms with Gasteiger partial charge in [-0.15, -0.1) is 11.3 Å². The number of thiophene rings is 1. The van der Waals surface area contributed by atoms with E-state index >= 15 is 0 Å². The lowest BCUT2D eigenvalue weighted by Gasteiger charge is -2.21. The van der Waals surface area contributed by atoms with Crippen molar-refractivity contribution in [1.29, 1.82) is 0 Å². The van der Waals surface area contributed by atoms with Crippen molar-refractivity contribution in [1.82, 2.24) is 15.3 Å². The summed E-state index contributed by atoms with van der Waals surface area (Å²) in [6.45, 7) is 3.05. The number of carbonyl (C=O) groups excluding carboxylic acids is 1. The Kier molecular flexibility index (Phi) is 6.10. The summed E-state index contributed by atoms with van der Waals surface area (Å²) in [7, 11) is 0. The van der Waals surface area contributed by atoms with E-state index in [0.29, 0.717) is 37.0 Å². The molecule has 2 aliphatic rings. The molecule has 9 heteroatoms. The maximum atomic E-state index is 12.5. The number of nitrogens with one attached hydrogen (secondary N) is 2. The number of H-pyrrole nitrogens is 1. The molecule has 2 N–H and O–H groups in total. The Morgan fingerprint density at radius 2 is 2.12 bits per heavy atom. The zero-order chi connectivity index (χ0) is 22.1. The molecule has 3 heterocycles. The van der Waals surface area contributed by atoms with Crippen molar-refractivity contribution in [3.05, 3.63) is 50.4 Å². The third-order valence-corrected chi connectivity index (χ3v) is 7.94. The molecule has 0 saturated carbocycles. The normalized spacial score (nSPS) is 15.5. The number of ether oxygens (including phenoxy) is 2. The highest BCUT2D eigenvalue weighted by atomic mass is 32.2. The molecule has 2 aromatic heterocycles. The first-order valence-corrected chi connectivity index (χ1v) is 12.9. The number of rotatable bonds is 7. The predicted octanol–water partition coefficient (Wildman–Crippen LogP) is 3.75. The van der Waals surface area contributed by atoms with Gasteiger partial charge in [-0.05, 0) is 49.4 Å². The van der Waals surface area contributed by atoms with Gasteiger partial charge in [0.2, 0.25) is 5.91 Å². The van der Waals surface area contributed by atoms with Crippen LogP contribution in [0, 0.1) is 0 Å². The molecule has 0 bridgehead atoms. The van der Waals surface area contributed by atoms with Crippen molar-refractivity contribution in [2.75, 3.05) is 19.0 Å². The lowest BCUT2D eigenvalue weighted by molar-refractivity contribution is -0.121. The number of nitrogens with zero attached hydrogens (tertiary/aromatic N) is 1. The molecule has 5 rings (SSSR count). The van der Waals surface area contributed by atoms with E-state index in [1.807, 2.05) is 25.1 Å². The van der Waals surface area contributed by atoms with Gasteiger partial charge in [-0.25, -0.2) is 4.98 Å². The SMILES string of the molecule is CC(NC(=O)CCSCc1nc2sc3c(c2c(=O)[nH]1)CCC3)c1ccc2c(c1)OCCO2. The predicted molar refractivity (Wildman–Crippen MR) is 127 cm³/mol. The maximum absolute atomic E-state index is 12.5. The lowest BCUT2D eigenvalue weighted by atomic mass is 10.1. The Balaban J connectivity index is 1.12. The van der Waals surface area contributed by atoms with Crippen molar-refractivity contribution < 1.29 is 14.3 Å². The van der Waals surface area contributed by atoms with Gasteiger partial charge >= 0.3 is 0 Å². The number of benzene rings is 1. The monoisotopic (exact) mass is 471 g/mol. The first-order chi connectivity index (χ1) is 15.6. The van der Waals surface area contributed by atoms with Gasteiger partial charge in [-0.3, -0.25) is 9.59 Å². The summed E-state index contributed by atoms with van der Waals surface area (Å²) in [5, 5.41) is 3.82. The number of amides is 1. The fourth-order valence-corrected chi connectivity index (χ4v) is 6.26. The summed E-state index contributed by atoms with van der Waals surface area (Å²) in [5.41, 5.74) is 2.14. The quantitative estimate of drug-likeness (QED) is 0.510. The second-order valence-electron chi connectivity index (χ2n) is 8.05. The van der Waals surface area contributed by atoms with Crippen molar-refractivity contribution in [3.63, 3.8) is 0 Å². The number of aromatic amines is 1. The molecule has 1 atom stereocenters. The van der Waals surface area contributed by atoms with Crippen LogP contribution in [0.25, 0.3) is 10.2 Å². The molecule has 168 valence electrons. The molecule has 1 aliphatic heterocycles. The van der Waals surface area contributed by atoms with E-state index < -0.39 is 0 Å². The van der Waals surface area contributed by atoms with Gasteiger partial charge in [-0.2, -0.15) is 11.8 Å². The number of hydrogen-bond donors (Lipinski definition) is 2. The smallest absolute Gasteiger partial charge is 0.259 e. The van der Waals surface area contributed by atoms with E-state index in [-0.39, 0.29) is 17.5 Å². The fraction of sp³-hybridized carbons (Fsp3) is 0.435. The molecule has 0 radical (unpaired) electrons. The average Bonchev–Trinajstić information content (AvgIpc) is 3.37. The molecule has 0 spiro atoms. The lowest BCUT2D eigenvalue weighted by Crippen LogP contribution is -2.27. The van der Waals surface area contributed by atoms with E-state index in [9.17, 15) is 9.59 Å². The van der Waals surface area contributed by atoms with E-state index in [1.165, 1.54) is 10.4 Å². The number of aromatic nitrogens is 2. The van der Waals surface area contributed by atoms with E-state index in [2.05, 4.69) is 15.3 Å². The first-order valence-electron chi connectivity index (χ1n) is 10.9. The molecule has 7 nitrogen and oxygen atoms in total. The van der Waals surface area contributed by atoms with Gasteiger partial charge in [-0.1, -0.05) is 6.07 Å². The zero-order valence-corrected chi connectivity index (χ0v) is 19.5. The molecule has 32 heavy (non-hydrogen) atoms. The van der Waals surface area contributed by atoms with Gasteiger partial charge in [0, 0.05) is 17.1 Å². The van der Waals surface area contributed by atoms with Crippen LogP contribution in [0.15, 0.2) is 23.0 Å². The van der Waals surface area contributed by atoms with E-state index in [4.69, 9.17) is 9.47 Å². The highest BCUT2D eigenvalue weighted by Crippen LogP contribution is 2.35. The minimum atomic E-state index is -0.121. The van der Waals surface area contributed by atoms with E-state index in [0.717, 1.165) is 46.5 Å². The Bertz CT molecular complexity index is 1220. The Morgan fingerprint density at radius 3 is 3.00 bits per heavy atom. The molecule has 1 amide bonds. The van der Waals surface area contributed by atoms with Crippen molar-refractivity contribution in [2.24, 2.45) is 0 Å². The van der Waals surface area contributed by atoms with Crippen LogP contribution in [0.3, 0.4) is 0 Å². The number of fused-ring (bicyclic) bond motifs is 4. The number of hydrogen-bond acceptors (Lipinski definition) is 7. The summed E-state index contributed by atoms with van der Waals surface area (Å²) < 4.78 is 11.2. The highest BCUT2D eigenvalue weighted by molar-refractivity contribution is 7.98. The Labute approximate surface area is 193 Å². The molecular formula is C23H25N3O4S2. The second-order valence-corrected chi connectivity index (χ2v) is 10.2. The number of aryl methyl sites for hydroxylation is 2.